The maximum Gasteiger partial charge on any atom is 0.270 e. The molecule has 0 bridgehead atoms. The molecule has 3 aromatic carbocycles. The molecule has 0 unspecified atom stereocenters. The topological polar surface area (TPSA) is 121 Å². The number of nitro benzene ring substituents is 1. The lowest BCUT2D eigenvalue weighted by atomic mass is 10.0. The molecule has 1 aromatic heterocycles. The van der Waals surface area contributed by atoms with Gasteiger partial charge >= 0.3 is 0 Å². The zero-order chi connectivity index (χ0) is 23.1. The number of halogens is 1. The van der Waals surface area contributed by atoms with Gasteiger partial charge in [-0.15, -0.1) is 0 Å². The van der Waals surface area contributed by atoms with Crippen LogP contribution in [0.25, 0.3) is 22.1 Å². The lowest BCUT2D eigenvalue weighted by Crippen LogP contribution is -2.16. The van der Waals surface area contributed by atoms with E-state index in [1.807, 2.05) is 0 Å². The van der Waals surface area contributed by atoms with Gasteiger partial charge in [-0.05, 0) is 42.0 Å². The number of rotatable bonds is 4. The second kappa shape index (κ2) is 7.95. The minimum Gasteiger partial charge on any atom is -0.454 e. The van der Waals surface area contributed by atoms with E-state index in [0.29, 0.717) is 22.1 Å². The summed E-state index contributed by atoms with van der Waals surface area (Å²) < 4.78 is 16.6. The fourth-order valence-electron chi connectivity index (χ4n) is 3.51. The highest BCUT2D eigenvalue weighted by atomic mass is 35.5. The number of non-ortho nitro benzene ring substituents is 1. The molecule has 0 spiro atoms. The number of amides is 1. The summed E-state index contributed by atoms with van der Waals surface area (Å²) in [6, 6.07) is 14.7. The fourth-order valence-corrected chi connectivity index (χ4v) is 3.68. The number of hydrogen-bond donors (Lipinski definition) is 1. The lowest BCUT2D eigenvalue weighted by Gasteiger charge is -2.12. The highest BCUT2D eigenvalue weighted by Gasteiger charge is 2.22. The van der Waals surface area contributed by atoms with E-state index < -0.39 is 16.3 Å². The zero-order valence-electron chi connectivity index (χ0n) is 16.7. The molecule has 33 heavy (non-hydrogen) atoms. The van der Waals surface area contributed by atoms with Crippen molar-refractivity contribution in [2.45, 2.75) is 0 Å². The molecule has 0 saturated heterocycles. The summed E-state index contributed by atoms with van der Waals surface area (Å²) >= 11 is 6.07. The van der Waals surface area contributed by atoms with Crippen molar-refractivity contribution in [2.24, 2.45) is 0 Å². The van der Waals surface area contributed by atoms with Gasteiger partial charge < -0.3 is 13.9 Å². The molecule has 0 saturated carbocycles. The molecule has 9 nitrogen and oxygen atoms in total. The molecular formula is C23H13ClN2O7. The summed E-state index contributed by atoms with van der Waals surface area (Å²) in [6.07, 6.45) is 0. The Bertz CT molecular complexity index is 1510. The number of benzene rings is 3. The van der Waals surface area contributed by atoms with Crippen LogP contribution in [0.5, 0.6) is 11.5 Å². The van der Waals surface area contributed by atoms with E-state index in [0.717, 1.165) is 6.07 Å². The van der Waals surface area contributed by atoms with Gasteiger partial charge in [0, 0.05) is 22.7 Å². The van der Waals surface area contributed by atoms with Gasteiger partial charge in [-0.2, -0.15) is 0 Å². The lowest BCUT2D eigenvalue weighted by molar-refractivity contribution is -0.384. The van der Waals surface area contributed by atoms with Crippen LogP contribution in [0.1, 0.15) is 10.4 Å². The molecule has 0 radical (unpaired) electrons. The maximum atomic E-state index is 13.4. The third-order valence-electron chi connectivity index (χ3n) is 5.06. The molecule has 0 aliphatic carbocycles. The van der Waals surface area contributed by atoms with E-state index in [4.69, 9.17) is 25.5 Å². The minimum absolute atomic E-state index is 0.0275. The molecule has 2 heterocycles. The predicted octanol–water partition coefficient (Wildman–Crippen LogP) is 5.00. The highest BCUT2D eigenvalue weighted by Crippen LogP contribution is 2.38. The maximum absolute atomic E-state index is 13.4. The number of anilines is 1. The Morgan fingerprint density at radius 2 is 1.85 bits per heavy atom. The van der Waals surface area contributed by atoms with E-state index in [9.17, 15) is 19.7 Å². The molecule has 1 aliphatic heterocycles. The predicted molar refractivity (Wildman–Crippen MR) is 120 cm³/mol. The highest BCUT2D eigenvalue weighted by molar-refractivity contribution is 6.31. The average molecular weight is 465 g/mol. The normalized spacial score (nSPS) is 12.0. The van der Waals surface area contributed by atoms with Gasteiger partial charge in [0.1, 0.15) is 5.58 Å². The van der Waals surface area contributed by atoms with Crippen LogP contribution in [-0.4, -0.2) is 17.6 Å². The van der Waals surface area contributed by atoms with Gasteiger partial charge in [0.2, 0.25) is 18.1 Å². The van der Waals surface area contributed by atoms with Gasteiger partial charge in [0.15, 0.2) is 11.5 Å². The SMILES string of the molecule is O=C(Nc1oc2ccc(Cl)cc2c(=O)c1-c1ccc2c(c1)OCO2)c1cccc([N+](=O)[O-])c1. The fraction of sp³-hybridized carbons (Fsp3) is 0.0435. The first-order chi connectivity index (χ1) is 15.9. The van der Waals surface area contributed by atoms with E-state index in [1.165, 1.54) is 30.3 Å². The largest absolute Gasteiger partial charge is 0.454 e. The number of nitro groups is 1. The van der Waals surface area contributed by atoms with Gasteiger partial charge in [0.05, 0.1) is 15.9 Å². The van der Waals surface area contributed by atoms with Crippen LogP contribution in [0.3, 0.4) is 0 Å². The van der Waals surface area contributed by atoms with Gasteiger partial charge in [-0.25, -0.2) is 0 Å². The Kier molecular flexibility index (Phi) is 4.95. The van der Waals surface area contributed by atoms with Gasteiger partial charge in [-0.1, -0.05) is 23.7 Å². The smallest absolute Gasteiger partial charge is 0.270 e. The van der Waals surface area contributed by atoms with Crippen LogP contribution in [0.15, 0.2) is 69.9 Å². The van der Waals surface area contributed by atoms with Crippen molar-refractivity contribution in [3.8, 4) is 22.6 Å². The number of hydrogen-bond acceptors (Lipinski definition) is 7. The second-order valence-electron chi connectivity index (χ2n) is 7.11. The van der Waals surface area contributed by atoms with E-state index >= 15 is 0 Å². The first-order valence-corrected chi connectivity index (χ1v) is 10.0. The van der Waals surface area contributed by atoms with Crippen molar-refractivity contribution in [3.63, 3.8) is 0 Å². The Hall–Kier alpha value is -4.37. The first-order valence-electron chi connectivity index (χ1n) is 9.63. The van der Waals surface area contributed by atoms with Crippen molar-refractivity contribution in [3.05, 3.63) is 91.6 Å². The van der Waals surface area contributed by atoms with Gasteiger partial charge in [0.25, 0.3) is 11.6 Å². The molecule has 5 rings (SSSR count). The number of carbonyl (C=O) groups excluding carboxylic acids is 1. The number of fused-ring (bicyclic) bond motifs is 2. The van der Waals surface area contributed by atoms with Crippen LogP contribution >= 0.6 is 11.6 Å². The molecule has 0 fully saturated rings. The summed E-state index contributed by atoms with van der Waals surface area (Å²) in [5.74, 6) is 0.158. The van der Waals surface area contributed by atoms with Crippen LogP contribution in [0.2, 0.25) is 5.02 Å². The third kappa shape index (κ3) is 3.74. The second-order valence-corrected chi connectivity index (χ2v) is 7.54. The average Bonchev–Trinajstić information content (AvgIpc) is 3.28. The zero-order valence-corrected chi connectivity index (χ0v) is 17.4. The van der Waals surface area contributed by atoms with Crippen LogP contribution < -0.4 is 20.2 Å². The Labute approximate surface area is 190 Å². The van der Waals surface area contributed by atoms with Crippen molar-refractivity contribution < 1.29 is 23.6 Å². The van der Waals surface area contributed by atoms with E-state index in [2.05, 4.69) is 5.32 Å². The number of nitrogens with zero attached hydrogens (tertiary/aromatic N) is 1. The Morgan fingerprint density at radius 3 is 2.67 bits per heavy atom. The minimum atomic E-state index is -0.683. The quantitative estimate of drug-likeness (QED) is 0.333. The number of nitrogens with one attached hydrogen (secondary N) is 1. The van der Waals surface area contributed by atoms with Crippen molar-refractivity contribution in [1.82, 2.24) is 0 Å². The van der Waals surface area contributed by atoms with Crippen LogP contribution in [-0.2, 0) is 0 Å². The molecule has 0 atom stereocenters. The molecule has 1 aliphatic rings. The van der Waals surface area contributed by atoms with Gasteiger partial charge in [-0.3, -0.25) is 25.0 Å². The Morgan fingerprint density at radius 1 is 1.03 bits per heavy atom. The monoisotopic (exact) mass is 464 g/mol. The Balaban J connectivity index is 1.66. The molecule has 1 N–H and O–H groups in total. The summed E-state index contributed by atoms with van der Waals surface area (Å²) in [4.78, 5) is 36.8. The molecule has 1 amide bonds. The van der Waals surface area contributed by atoms with Crippen molar-refractivity contribution in [2.75, 3.05) is 12.1 Å². The molecule has 164 valence electrons. The molecular weight excluding hydrogens is 452 g/mol. The van der Waals surface area contributed by atoms with Crippen LogP contribution in [0, 0.1) is 10.1 Å². The van der Waals surface area contributed by atoms with Crippen molar-refractivity contribution in [1.29, 1.82) is 0 Å². The number of carbonyl (C=O) groups is 1. The molecule has 10 heteroatoms. The van der Waals surface area contributed by atoms with Crippen LogP contribution in [0.4, 0.5) is 11.6 Å². The first kappa shape index (κ1) is 20.5. The third-order valence-corrected chi connectivity index (χ3v) is 5.29. The summed E-state index contributed by atoms with van der Waals surface area (Å²) in [6.45, 7) is 0.0527. The summed E-state index contributed by atoms with van der Waals surface area (Å²) in [7, 11) is 0. The summed E-state index contributed by atoms with van der Waals surface area (Å²) in [5.41, 5.74) is 0.0641. The van der Waals surface area contributed by atoms with E-state index in [1.54, 1.807) is 24.3 Å². The van der Waals surface area contributed by atoms with Crippen molar-refractivity contribution >= 4 is 40.0 Å². The standard InChI is InChI=1S/C23H13ClN2O7/c24-14-5-7-17-16(10-14)21(27)20(12-4-6-18-19(9-12)32-11-31-18)23(33-17)25-22(28)13-2-1-3-15(8-13)26(29)30/h1-10H,11H2,(H,25,28). The van der Waals surface area contributed by atoms with E-state index in [-0.39, 0.29) is 40.5 Å². The molecule has 4 aromatic rings. The number of ether oxygens (including phenoxy) is 2. The summed E-state index contributed by atoms with van der Waals surface area (Å²) in [5, 5.41) is 14.2.